The van der Waals surface area contributed by atoms with Crippen molar-refractivity contribution in [2.75, 3.05) is 44.9 Å². The van der Waals surface area contributed by atoms with E-state index in [2.05, 4.69) is 19.9 Å². The van der Waals surface area contributed by atoms with Crippen molar-refractivity contribution in [1.29, 1.82) is 0 Å². The Morgan fingerprint density at radius 3 is 2.75 bits per heavy atom. The lowest BCUT2D eigenvalue weighted by atomic mass is 10.3. The number of nitrogens with zero attached hydrogens (tertiary/aromatic N) is 7. The summed E-state index contributed by atoms with van der Waals surface area (Å²) >= 11 is 0. The normalized spacial score (nSPS) is 15.4. The van der Waals surface area contributed by atoms with Crippen LogP contribution in [0.5, 0.6) is 0 Å². The van der Waals surface area contributed by atoms with Gasteiger partial charge in [0.2, 0.25) is 0 Å². The number of anilines is 1. The molecule has 1 aliphatic rings. The number of pyridine rings is 1. The number of fused-ring (bicyclic) bond motifs is 1. The Bertz CT molecular complexity index is 1230. The first-order valence-electron chi connectivity index (χ1n) is 10.5. The van der Waals surface area contributed by atoms with Crippen molar-refractivity contribution in [3.63, 3.8) is 0 Å². The first-order chi connectivity index (χ1) is 15.7. The van der Waals surface area contributed by atoms with Crippen LogP contribution in [0.15, 0.2) is 42.7 Å². The van der Waals surface area contributed by atoms with Crippen LogP contribution in [0, 0.1) is 6.92 Å². The number of hydrogen-bond donors (Lipinski definition) is 1. The van der Waals surface area contributed by atoms with Crippen LogP contribution in [0.2, 0.25) is 0 Å². The average Bonchev–Trinajstić information content (AvgIpc) is 3.44. The maximum atomic E-state index is 9.76. The summed E-state index contributed by atoms with van der Waals surface area (Å²) in [7, 11) is 1.54. The van der Waals surface area contributed by atoms with Crippen LogP contribution in [0.25, 0.3) is 22.9 Å². The molecule has 4 aromatic rings. The van der Waals surface area contributed by atoms with Gasteiger partial charge in [0, 0.05) is 38.2 Å². The molecule has 1 N–H and O–H groups in total. The van der Waals surface area contributed by atoms with Crippen LogP contribution >= 0.6 is 0 Å². The van der Waals surface area contributed by atoms with E-state index in [1.165, 1.54) is 7.11 Å². The van der Waals surface area contributed by atoms with Crippen molar-refractivity contribution in [3.05, 3.63) is 54.2 Å². The Labute approximate surface area is 185 Å². The van der Waals surface area contributed by atoms with Crippen LogP contribution < -0.4 is 4.90 Å². The van der Waals surface area contributed by atoms with E-state index in [0.29, 0.717) is 24.9 Å². The van der Waals surface area contributed by atoms with Gasteiger partial charge in [-0.15, -0.1) is 0 Å². The van der Waals surface area contributed by atoms with Crippen LogP contribution in [0.1, 0.15) is 17.6 Å². The molecule has 10 nitrogen and oxygen atoms in total. The third-order valence-corrected chi connectivity index (χ3v) is 5.57. The molecule has 0 saturated carbocycles. The molecule has 0 amide bonds. The van der Waals surface area contributed by atoms with E-state index in [4.69, 9.17) is 14.6 Å². The molecule has 5 heterocycles. The molecule has 5 rings (SSSR count). The van der Waals surface area contributed by atoms with Crippen molar-refractivity contribution in [2.24, 2.45) is 0 Å². The van der Waals surface area contributed by atoms with Crippen molar-refractivity contribution in [2.45, 2.75) is 13.0 Å². The van der Waals surface area contributed by atoms with Gasteiger partial charge in [-0.25, -0.2) is 19.6 Å². The molecule has 0 aliphatic carbocycles. The van der Waals surface area contributed by atoms with Gasteiger partial charge in [0.05, 0.1) is 31.7 Å². The van der Waals surface area contributed by atoms with E-state index in [1.807, 2.05) is 54.0 Å². The van der Waals surface area contributed by atoms with Crippen LogP contribution in [0.4, 0.5) is 5.82 Å². The van der Waals surface area contributed by atoms with E-state index in [1.54, 1.807) is 4.68 Å². The molecular weight excluding hydrogens is 410 g/mol. The maximum Gasteiger partial charge on any atom is 0.164 e. The molecule has 32 heavy (non-hydrogen) atoms. The van der Waals surface area contributed by atoms with Gasteiger partial charge in [-0.3, -0.25) is 4.40 Å². The van der Waals surface area contributed by atoms with Crippen molar-refractivity contribution in [3.8, 4) is 17.2 Å². The number of aromatic nitrogens is 6. The van der Waals surface area contributed by atoms with Crippen molar-refractivity contribution >= 4 is 11.5 Å². The number of methoxy groups -OCH3 is 1. The molecule has 1 fully saturated rings. The number of morpholine rings is 1. The van der Waals surface area contributed by atoms with Crippen molar-refractivity contribution in [1.82, 2.24) is 29.1 Å². The lowest BCUT2D eigenvalue weighted by Crippen LogP contribution is -2.37. The highest BCUT2D eigenvalue weighted by Crippen LogP contribution is 2.25. The molecule has 1 saturated heterocycles. The average molecular weight is 435 g/mol. The van der Waals surface area contributed by atoms with Gasteiger partial charge in [-0.05, 0) is 25.1 Å². The van der Waals surface area contributed by atoms with Crippen LogP contribution in [-0.4, -0.2) is 74.3 Å². The second kappa shape index (κ2) is 8.65. The van der Waals surface area contributed by atoms with Gasteiger partial charge in [0.1, 0.15) is 23.3 Å². The summed E-state index contributed by atoms with van der Waals surface area (Å²) in [5.41, 5.74) is 3.47. The third kappa shape index (κ3) is 3.72. The first-order valence-corrected chi connectivity index (χ1v) is 10.5. The molecule has 1 aliphatic heterocycles. The lowest BCUT2D eigenvalue weighted by molar-refractivity contribution is 0.0422. The molecule has 0 unspecified atom stereocenters. The van der Waals surface area contributed by atoms with Crippen LogP contribution in [-0.2, 0) is 9.47 Å². The number of hydrogen-bond acceptors (Lipinski definition) is 8. The number of aliphatic hydroxyl groups is 1. The van der Waals surface area contributed by atoms with E-state index in [-0.39, 0.29) is 6.61 Å². The monoisotopic (exact) mass is 435 g/mol. The van der Waals surface area contributed by atoms with Gasteiger partial charge in [-0.1, -0.05) is 6.07 Å². The number of imidazole rings is 1. The summed E-state index contributed by atoms with van der Waals surface area (Å²) < 4.78 is 14.7. The minimum Gasteiger partial charge on any atom is -0.393 e. The van der Waals surface area contributed by atoms with Crippen molar-refractivity contribution < 1.29 is 14.6 Å². The Morgan fingerprint density at radius 1 is 1.16 bits per heavy atom. The SMILES string of the molecule is CO[C@@H](CO)c1nc(N2CCOCC2)cc(-n2nc(-c3cnc4ccccn34)cc2C)n1. The zero-order chi connectivity index (χ0) is 22.1. The smallest absolute Gasteiger partial charge is 0.164 e. The quantitative estimate of drug-likeness (QED) is 0.489. The highest BCUT2D eigenvalue weighted by molar-refractivity contribution is 5.61. The Balaban J connectivity index is 1.60. The molecule has 0 bridgehead atoms. The third-order valence-electron chi connectivity index (χ3n) is 5.57. The Morgan fingerprint density at radius 2 is 1.97 bits per heavy atom. The highest BCUT2D eigenvalue weighted by atomic mass is 16.5. The summed E-state index contributed by atoms with van der Waals surface area (Å²) in [4.78, 5) is 16.0. The first kappa shape index (κ1) is 20.6. The molecular formula is C22H25N7O3. The van der Waals surface area contributed by atoms with E-state index in [0.717, 1.165) is 41.6 Å². The fraction of sp³-hybridized carbons (Fsp3) is 0.364. The second-order valence-corrected chi connectivity index (χ2v) is 7.60. The topological polar surface area (TPSA) is 103 Å². The highest BCUT2D eigenvalue weighted by Gasteiger charge is 2.21. The van der Waals surface area contributed by atoms with Crippen LogP contribution in [0.3, 0.4) is 0 Å². The number of aryl methyl sites for hydroxylation is 1. The number of ether oxygens (including phenoxy) is 2. The summed E-state index contributed by atoms with van der Waals surface area (Å²) in [5.74, 6) is 1.79. The van der Waals surface area contributed by atoms with Gasteiger partial charge >= 0.3 is 0 Å². The number of rotatable bonds is 6. The molecule has 0 aromatic carbocycles. The minimum absolute atomic E-state index is 0.215. The zero-order valence-corrected chi connectivity index (χ0v) is 18.0. The van der Waals surface area contributed by atoms with E-state index in [9.17, 15) is 5.11 Å². The fourth-order valence-electron chi connectivity index (χ4n) is 3.86. The fourth-order valence-corrected chi connectivity index (χ4v) is 3.86. The standard InChI is InChI=1S/C22H25N7O3/c1-15-11-16(17-13-23-19-5-3-4-6-28(17)19)26-29(15)21-12-20(27-7-9-32-10-8-27)24-22(25-21)18(14-30)31-2/h3-6,11-13,18,30H,7-10,14H2,1-2H3/t18-/m0/s1. The van der Waals surface area contributed by atoms with Gasteiger partial charge in [0.25, 0.3) is 0 Å². The Hall–Kier alpha value is -3.34. The largest absolute Gasteiger partial charge is 0.393 e. The van der Waals surface area contributed by atoms with Gasteiger partial charge in [-0.2, -0.15) is 5.10 Å². The van der Waals surface area contributed by atoms with Gasteiger partial charge in [0.15, 0.2) is 11.6 Å². The summed E-state index contributed by atoms with van der Waals surface area (Å²) in [6.45, 7) is 4.52. The second-order valence-electron chi connectivity index (χ2n) is 7.60. The summed E-state index contributed by atoms with van der Waals surface area (Å²) in [6.07, 6.45) is 3.16. The van der Waals surface area contributed by atoms with Gasteiger partial charge < -0.3 is 19.5 Å². The number of aliphatic hydroxyl groups excluding tert-OH is 1. The summed E-state index contributed by atoms with van der Waals surface area (Å²) in [5, 5.41) is 14.6. The molecule has 0 spiro atoms. The molecule has 0 radical (unpaired) electrons. The lowest BCUT2D eigenvalue weighted by Gasteiger charge is -2.28. The molecule has 166 valence electrons. The Kier molecular flexibility index (Phi) is 5.56. The van der Waals surface area contributed by atoms with E-state index >= 15 is 0 Å². The summed E-state index contributed by atoms with van der Waals surface area (Å²) in [6, 6.07) is 9.80. The molecule has 4 aromatic heterocycles. The molecule has 1 atom stereocenters. The predicted octanol–water partition coefficient (Wildman–Crippen LogP) is 1.80. The van der Waals surface area contributed by atoms with E-state index < -0.39 is 6.10 Å². The minimum atomic E-state index is -0.621. The molecule has 10 heteroatoms. The zero-order valence-electron chi connectivity index (χ0n) is 18.0. The maximum absolute atomic E-state index is 9.76. The predicted molar refractivity (Wildman–Crippen MR) is 118 cm³/mol.